The van der Waals surface area contributed by atoms with Gasteiger partial charge in [0.05, 0.1) is 36.4 Å². The molecule has 9 nitrogen and oxygen atoms in total. The Kier molecular flexibility index (Phi) is 6.62. The summed E-state index contributed by atoms with van der Waals surface area (Å²) in [5, 5.41) is 9.74. The number of hydrogen-bond acceptors (Lipinski definition) is 8. The number of aromatic nitrogens is 3. The molecule has 0 aliphatic carbocycles. The first-order valence-corrected chi connectivity index (χ1v) is 13.7. The number of nitrogen functional groups attached to an aromatic ring is 1. The van der Waals surface area contributed by atoms with Crippen LogP contribution < -0.4 is 25.6 Å². The number of benzene rings is 2. The van der Waals surface area contributed by atoms with E-state index in [1.165, 1.54) is 17.8 Å². The van der Waals surface area contributed by atoms with Gasteiger partial charge in [-0.2, -0.15) is 5.01 Å². The number of carbonyl (C=O) groups excluding carboxylic acids is 1. The second-order valence-corrected chi connectivity index (χ2v) is 10.6. The van der Waals surface area contributed by atoms with Crippen LogP contribution in [0.15, 0.2) is 65.3 Å². The van der Waals surface area contributed by atoms with E-state index in [4.69, 9.17) is 20.0 Å². The molecule has 5 aromatic rings. The number of rotatable bonds is 6. The Balaban J connectivity index is 1.39. The number of amides is 1. The van der Waals surface area contributed by atoms with Crippen LogP contribution in [0.2, 0.25) is 0 Å². The standard InChI is InChI=1S/C29H28N6O3S/c1-18-6-8-19(9-7-18)22-16-23(20-10-12-21(37-2)13-11-20)31-29-25(22)26(30)27(39-29)28(36)32-24-17-35(33-38-24)34-14-4-3-5-15-34/h6-13,16-17H,3-5,14-15H2,1-2H3,(H2-,30,32,33,36)/p+1. The van der Waals surface area contributed by atoms with Crippen LogP contribution in [0, 0.1) is 6.92 Å². The third-order valence-corrected chi connectivity index (χ3v) is 8.07. The number of pyridine rings is 1. The van der Waals surface area contributed by atoms with Crippen molar-refractivity contribution >= 4 is 39.0 Å². The Morgan fingerprint density at radius 2 is 1.79 bits per heavy atom. The third-order valence-electron chi connectivity index (χ3n) is 6.97. The number of piperidine rings is 1. The minimum Gasteiger partial charge on any atom is -0.497 e. The van der Waals surface area contributed by atoms with E-state index < -0.39 is 0 Å². The smallest absolute Gasteiger partial charge is 0.306 e. The van der Waals surface area contributed by atoms with Crippen LogP contribution in [0.25, 0.3) is 32.6 Å². The van der Waals surface area contributed by atoms with Crippen molar-refractivity contribution in [3.63, 3.8) is 0 Å². The van der Waals surface area contributed by atoms with Crippen molar-refractivity contribution < 1.29 is 18.8 Å². The van der Waals surface area contributed by atoms with E-state index in [0.29, 0.717) is 15.4 Å². The maximum absolute atomic E-state index is 13.4. The molecule has 198 valence electrons. The predicted octanol–water partition coefficient (Wildman–Crippen LogP) is 5.18. The average molecular weight is 542 g/mol. The summed E-state index contributed by atoms with van der Waals surface area (Å²) in [7, 11) is 1.64. The number of ether oxygens (including phenoxy) is 1. The Morgan fingerprint density at radius 1 is 1.08 bits per heavy atom. The molecule has 4 heterocycles. The fourth-order valence-electron chi connectivity index (χ4n) is 4.84. The number of hydrogen-bond donors (Lipinski definition) is 2. The number of nitrogens with two attached hydrogens (primary N) is 1. The van der Waals surface area contributed by atoms with Crippen LogP contribution in [0.5, 0.6) is 5.75 Å². The van der Waals surface area contributed by atoms with Gasteiger partial charge in [0.25, 0.3) is 12.1 Å². The SMILES string of the molecule is COc1ccc(-c2cc(-c3ccc(C)cc3)c3c(N)c(C(=O)Nc4c[n+](N5CCCCC5)no4)sc3n2)cc1. The highest BCUT2D eigenvalue weighted by atomic mass is 32.1. The molecular weight excluding hydrogens is 512 g/mol. The fourth-order valence-corrected chi connectivity index (χ4v) is 5.85. The maximum Gasteiger partial charge on any atom is 0.306 e. The molecule has 1 saturated heterocycles. The van der Waals surface area contributed by atoms with Crippen molar-refractivity contribution in [3.05, 3.63) is 71.2 Å². The van der Waals surface area contributed by atoms with Crippen molar-refractivity contribution in [1.29, 1.82) is 0 Å². The zero-order valence-electron chi connectivity index (χ0n) is 21.8. The lowest BCUT2D eigenvalue weighted by molar-refractivity contribution is -0.759. The summed E-state index contributed by atoms with van der Waals surface area (Å²) in [6, 6.07) is 18.0. The van der Waals surface area contributed by atoms with Crippen LogP contribution in [-0.2, 0) is 0 Å². The molecule has 0 saturated carbocycles. The molecule has 0 unspecified atom stereocenters. The zero-order chi connectivity index (χ0) is 26.9. The first kappa shape index (κ1) is 24.9. The summed E-state index contributed by atoms with van der Waals surface area (Å²) in [6.45, 7) is 3.85. The van der Waals surface area contributed by atoms with Gasteiger partial charge in [-0.1, -0.05) is 29.8 Å². The molecule has 1 amide bonds. The van der Waals surface area contributed by atoms with Crippen molar-refractivity contribution in [2.24, 2.45) is 0 Å². The average Bonchev–Trinajstić information content (AvgIpc) is 3.58. The zero-order valence-corrected chi connectivity index (χ0v) is 22.6. The van der Waals surface area contributed by atoms with Crippen molar-refractivity contribution in [2.75, 3.05) is 36.3 Å². The van der Waals surface area contributed by atoms with Gasteiger partial charge in [-0.25, -0.2) is 4.98 Å². The molecule has 6 rings (SSSR count). The third kappa shape index (κ3) is 4.90. The predicted molar refractivity (Wildman–Crippen MR) is 153 cm³/mol. The van der Waals surface area contributed by atoms with Gasteiger partial charge in [-0.05, 0) is 67.6 Å². The summed E-state index contributed by atoms with van der Waals surface area (Å²) in [5.41, 5.74) is 11.8. The van der Waals surface area contributed by atoms with Crippen LogP contribution in [0.1, 0.15) is 34.5 Å². The summed E-state index contributed by atoms with van der Waals surface area (Å²) in [5.74, 6) is 0.665. The van der Waals surface area contributed by atoms with E-state index in [0.717, 1.165) is 65.0 Å². The van der Waals surface area contributed by atoms with E-state index >= 15 is 0 Å². The molecule has 3 aromatic heterocycles. The van der Waals surface area contributed by atoms with Gasteiger partial charge in [-0.3, -0.25) is 14.6 Å². The molecule has 3 N–H and O–H groups in total. The van der Waals surface area contributed by atoms with Gasteiger partial charge in [-0.15, -0.1) is 11.3 Å². The summed E-state index contributed by atoms with van der Waals surface area (Å²) in [4.78, 5) is 21.0. The Hall–Kier alpha value is -4.44. The number of carbonyl (C=O) groups is 1. The summed E-state index contributed by atoms with van der Waals surface area (Å²) in [6.07, 6.45) is 5.11. The molecule has 39 heavy (non-hydrogen) atoms. The first-order chi connectivity index (χ1) is 19.0. The topological polar surface area (TPSA) is 110 Å². The number of fused-ring (bicyclic) bond motifs is 1. The Labute approximate surface area is 229 Å². The van der Waals surface area contributed by atoms with Crippen LogP contribution in [0.4, 0.5) is 11.6 Å². The van der Waals surface area contributed by atoms with E-state index in [1.54, 1.807) is 18.1 Å². The first-order valence-electron chi connectivity index (χ1n) is 12.9. The lowest BCUT2D eigenvalue weighted by atomic mass is 9.98. The maximum atomic E-state index is 13.4. The van der Waals surface area contributed by atoms with E-state index in [2.05, 4.69) is 46.8 Å². The molecule has 10 heteroatoms. The summed E-state index contributed by atoms with van der Waals surface area (Å²) >= 11 is 1.26. The second-order valence-electron chi connectivity index (χ2n) is 9.63. The van der Waals surface area contributed by atoms with Gasteiger partial charge < -0.3 is 10.5 Å². The van der Waals surface area contributed by atoms with Gasteiger partial charge in [0.2, 0.25) is 5.27 Å². The number of aryl methyl sites for hydroxylation is 1. The number of nitrogens with one attached hydrogen (secondary N) is 1. The lowest BCUT2D eigenvalue weighted by Crippen LogP contribution is -2.60. The van der Waals surface area contributed by atoms with Gasteiger partial charge in [0.1, 0.15) is 15.5 Å². The molecular formula is C29H29N6O3S+. The van der Waals surface area contributed by atoms with Crippen molar-refractivity contribution in [3.8, 4) is 28.1 Å². The second kappa shape index (κ2) is 10.4. The molecule has 1 aliphatic rings. The van der Waals surface area contributed by atoms with E-state index in [-0.39, 0.29) is 11.8 Å². The van der Waals surface area contributed by atoms with Crippen LogP contribution in [-0.4, -0.2) is 36.4 Å². The van der Waals surface area contributed by atoms with Gasteiger partial charge in [0, 0.05) is 10.9 Å². The lowest BCUT2D eigenvalue weighted by Gasteiger charge is -2.17. The van der Waals surface area contributed by atoms with Crippen LogP contribution >= 0.6 is 11.3 Å². The number of nitrogens with zero attached hydrogens (tertiary/aromatic N) is 4. The normalized spacial score (nSPS) is 13.5. The van der Waals surface area contributed by atoms with E-state index in [1.807, 2.05) is 30.3 Å². The molecule has 0 spiro atoms. The van der Waals surface area contributed by atoms with Gasteiger partial charge >= 0.3 is 5.88 Å². The summed E-state index contributed by atoms with van der Waals surface area (Å²) < 4.78 is 10.7. The highest BCUT2D eigenvalue weighted by Crippen LogP contribution is 2.41. The Bertz CT molecular complexity index is 1640. The quantitative estimate of drug-likeness (QED) is 0.285. The number of anilines is 2. The minimum absolute atomic E-state index is 0.257. The molecule has 0 radical (unpaired) electrons. The molecule has 1 fully saturated rings. The minimum atomic E-state index is -0.363. The van der Waals surface area contributed by atoms with Gasteiger partial charge in [0.15, 0.2) is 0 Å². The largest absolute Gasteiger partial charge is 0.497 e. The number of thiophene rings is 1. The number of methoxy groups -OCH3 is 1. The Morgan fingerprint density at radius 3 is 2.51 bits per heavy atom. The molecule has 2 aromatic carbocycles. The molecule has 0 bridgehead atoms. The van der Waals surface area contributed by atoms with E-state index in [9.17, 15) is 4.79 Å². The molecule has 1 aliphatic heterocycles. The monoisotopic (exact) mass is 541 g/mol. The van der Waals surface area contributed by atoms with Crippen molar-refractivity contribution in [1.82, 2.24) is 10.3 Å². The van der Waals surface area contributed by atoms with Crippen LogP contribution in [0.3, 0.4) is 0 Å². The molecule has 0 atom stereocenters. The highest BCUT2D eigenvalue weighted by molar-refractivity contribution is 7.21. The fraction of sp³-hybridized carbons (Fsp3) is 0.241. The highest BCUT2D eigenvalue weighted by Gasteiger charge is 2.26. The van der Waals surface area contributed by atoms with Crippen molar-refractivity contribution in [2.45, 2.75) is 26.2 Å².